The second kappa shape index (κ2) is 5.14. The number of nitrogen functional groups attached to an aromatic ring is 1. The van der Waals surface area contributed by atoms with Crippen molar-refractivity contribution in [2.75, 3.05) is 5.73 Å². The minimum atomic E-state index is -0.593. The van der Waals surface area contributed by atoms with E-state index in [0.717, 1.165) is 5.01 Å². The van der Waals surface area contributed by atoms with E-state index in [-0.39, 0.29) is 17.3 Å². The zero-order chi connectivity index (χ0) is 13.1. The molecular weight excluding hydrogens is 253 g/mol. The van der Waals surface area contributed by atoms with E-state index in [9.17, 15) is 9.18 Å². The Kier molecular flexibility index (Phi) is 3.57. The van der Waals surface area contributed by atoms with Gasteiger partial charge in [0.2, 0.25) is 0 Å². The normalized spacial score (nSPS) is 12.1. The van der Waals surface area contributed by atoms with Crippen molar-refractivity contribution in [1.82, 2.24) is 10.3 Å². The first-order chi connectivity index (χ1) is 8.59. The number of nitrogens with one attached hydrogen (secondary N) is 1. The highest BCUT2D eigenvalue weighted by Gasteiger charge is 2.16. The Morgan fingerprint density at radius 2 is 2.33 bits per heavy atom. The van der Waals surface area contributed by atoms with E-state index in [2.05, 4.69) is 10.3 Å². The Morgan fingerprint density at radius 3 is 3.00 bits per heavy atom. The third-order valence-corrected chi connectivity index (χ3v) is 3.43. The van der Waals surface area contributed by atoms with Crippen molar-refractivity contribution < 1.29 is 9.18 Å². The molecule has 2 aromatic rings. The maximum Gasteiger partial charge on any atom is 0.254 e. The molecule has 0 aliphatic rings. The van der Waals surface area contributed by atoms with E-state index in [1.165, 1.54) is 29.5 Å². The summed E-state index contributed by atoms with van der Waals surface area (Å²) >= 11 is 1.44. The Bertz CT molecular complexity index is 556. The van der Waals surface area contributed by atoms with Gasteiger partial charge in [0.1, 0.15) is 10.8 Å². The van der Waals surface area contributed by atoms with Crippen LogP contribution in [0.2, 0.25) is 0 Å². The summed E-state index contributed by atoms with van der Waals surface area (Å²) in [5.41, 5.74) is 5.53. The molecule has 0 aliphatic carbocycles. The topological polar surface area (TPSA) is 68.0 Å². The monoisotopic (exact) mass is 265 g/mol. The molecule has 6 heteroatoms. The summed E-state index contributed by atoms with van der Waals surface area (Å²) in [7, 11) is 0. The molecule has 0 bridgehead atoms. The molecule has 0 spiro atoms. The number of halogens is 1. The van der Waals surface area contributed by atoms with Crippen LogP contribution < -0.4 is 11.1 Å². The minimum absolute atomic E-state index is 0.137. The van der Waals surface area contributed by atoms with Crippen LogP contribution in [0.5, 0.6) is 0 Å². The van der Waals surface area contributed by atoms with Crippen LogP contribution in [0.4, 0.5) is 10.1 Å². The number of benzene rings is 1. The predicted octanol–water partition coefficient (Wildman–Crippen LogP) is 2.36. The van der Waals surface area contributed by atoms with Gasteiger partial charge in [0.15, 0.2) is 0 Å². The molecule has 1 amide bonds. The Morgan fingerprint density at radius 1 is 1.56 bits per heavy atom. The van der Waals surface area contributed by atoms with Crippen LogP contribution in [0.15, 0.2) is 29.8 Å². The molecule has 1 heterocycles. The molecule has 0 saturated heterocycles. The van der Waals surface area contributed by atoms with E-state index < -0.39 is 11.7 Å². The summed E-state index contributed by atoms with van der Waals surface area (Å²) in [6.07, 6.45) is 1.67. The molecule has 2 rings (SSSR count). The number of aromatic nitrogens is 1. The number of nitrogens with zero attached hydrogens (tertiary/aromatic N) is 1. The highest BCUT2D eigenvalue weighted by molar-refractivity contribution is 7.09. The van der Waals surface area contributed by atoms with Gasteiger partial charge >= 0.3 is 0 Å². The predicted molar refractivity (Wildman–Crippen MR) is 68.8 cm³/mol. The zero-order valence-electron chi connectivity index (χ0n) is 9.68. The standard InChI is InChI=1S/C12H12FN3OS/c1-7(12-15-5-6-18-12)16-11(17)8-3-2-4-9(13)10(8)14/h2-7H,14H2,1H3,(H,16,17). The lowest BCUT2D eigenvalue weighted by atomic mass is 10.1. The Balaban J connectivity index is 2.15. The first-order valence-corrected chi connectivity index (χ1v) is 6.22. The number of para-hydroxylation sites is 1. The number of carbonyl (C=O) groups excluding carboxylic acids is 1. The summed E-state index contributed by atoms with van der Waals surface area (Å²) in [5, 5.41) is 5.35. The van der Waals surface area contributed by atoms with Crippen LogP contribution in [0.3, 0.4) is 0 Å². The molecule has 1 aromatic heterocycles. The third kappa shape index (κ3) is 2.48. The number of anilines is 1. The van der Waals surface area contributed by atoms with E-state index in [1.54, 1.807) is 6.20 Å². The van der Waals surface area contributed by atoms with Gasteiger partial charge in [0, 0.05) is 11.6 Å². The number of hydrogen-bond acceptors (Lipinski definition) is 4. The van der Waals surface area contributed by atoms with Gasteiger partial charge in [-0.25, -0.2) is 9.37 Å². The second-order valence-electron chi connectivity index (χ2n) is 3.77. The second-order valence-corrected chi connectivity index (χ2v) is 4.69. The fraction of sp³-hybridized carbons (Fsp3) is 0.167. The van der Waals surface area contributed by atoms with E-state index in [1.807, 2.05) is 12.3 Å². The number of thiazole rings is 1. The number of nitrogens with two attached hydrogens (primary N) is 1. The molecule has 0 aliphatic heterocycles. The van der Waals surface area contributed by atoms with Gasteiger partial charge in [-0.05, 0) is 19.1 Å². The minimum Gasteiger partial charge on any atom is -0.396 e. The average molecular weight is 265 g/mol. The van der Waals surface area contributed by atoms with Crippen molar-refractivity contribution in [1.29, 1.82) is 0 Å². The summed E-state index contributed by atoms with van der Waals surface area (Å²) in [6, 6.07) is 3.92. The lowest BCUT2D eigenvalue weighted by Crippen LogP contribution is -2.27. The van der Waals surface area contributed by atoms with Crippen LogP contribution in [-0.4, -0.2) is 10.9 Å². The first kappa shape index (κ1) is 12.5. The number of amides is 1. The molecule has 94 valence electrons. The summed E-state index contributed by atoms with van der Waals surface area (Å²) in [4.78, 5) is 16.0. The summed E-state index contributed by atoms with van der Waals surface area (Å²) < 4.78 is 13.2. The van der Waals surface area contributed by atoms with Crippen LogP contribution >= 0.6 is 11.3 Å². The molecular formula is C12H12FN3OS. The number of hydrogen-bond donors (Lipinski definition) is 2. The maximum absolute atomic E-state index is 13.2. The van der Waals surface area contributed by atoms with Crippen LogP contribution in [0.25, 0.3) is 0 Å². The van der Waals surface area contributed by atoms with E-state index >= 15 is 0 Å². The number of carbonyl (C=O) groups is 1. The van der Waals surface area contributed by atoms with Crippen LogP contribution in [-0.2, 0) is 0 Å². The molecule has 0 radical (unpaired) electrons. The molecule has 1 aromatic carbocycles. The molecule has 18 heavy (non-hydrogen) atoms. The van der Waals surface area contributed by atoms with Crippen molar-refractivity contribution >= 4 is 22.9 Å². The quantitative estimate of drug-likeness (QED) is 0.837. The molecule has 1 unspecified atom stereocenters. The highest BCUT2D eigenvalue weighted by Crippen LogP contribution is 2.19. The third-order valence-electron chi connectivity index (χ3n) is 2.47. The van der Waals surface area contributed by atoms with Crippen molar-refractivity contribution in [3.05, 3.63) is 46.2 Å². The smallest absolute Gasteiger partial charge is 0.254 e. The van der Waals surface area contributed by atoms with Gasteiger partial charge in [0.25, 0.3) is 5.91 Å². The van der Waals surface area contributed by atoms with Crippen molar-refractivity contribution in [2.45, 2.75) is 13.0 Å². The fourth-order valence-electron chi connectivity index (χ4n) is 1.52. The summed E-state index contributed by atoms with van der Waals surface area (Å²) in [5.74, 6) is -1.00. The van der Waals surface area contributed by atoms with Gasteiger partial charge < -0.3 is 11.1 Å². The molecule has 0 fully saturated rings. The number of rotatable bonds is 3. The Hall–Kier alpha value is -1.95. The molecule has 4 nitrogen and oxygen atoms in total. The van der Waals surface area contributed by atoms with Gasteiger partial charge in [-0.3, -0.25) is 4.79 Å². The van der Waals surface area contributed by atoms with Crippen molar-refractivity contribution in [3.8, 4) is 0 Å². The fourth-order valence-corrected chi connectivity index (χ4v) is 2.17. The van der Waals surface area contributed by atoms with Gasteiger partial charge in [-0.2, -0.15) is 0 Å². The summed E-state index contributed by atoms with van der Waals surface area (Å²) in [6.45, 7) is 1.81. The zero-order valence-corrected chi connectivity index (χ0v) is 10.5. The van der Waals surface area contributed by atoms with Crippen LogP contribution in [0.1, 0.15) is 28.3 Å². The SMILES string of the molecule is CC(NC(=O)c1cccc(F)c1N)c1nccs1. The molecule has 3 N–H and O–H groups in total. The van der Waals surface area contributed by atoms with E-state index in [4.69, 9.17) is 5.73 Å². The molecule has 1 atom stereocenters. The lowest BCUT2D eigenvalue weighted by Gasteiger charge is -2.12. The van der Waals surface area contributed by atoms with Gasteiger partial charge in [-0.15, -0.1) is 11.3 Å². The van der Waals surface area contributed by atoms with E-state index in [0.29, 0.717) is 0 Å². The van der Waals surface area contributed by atoms with Crippen molar-refractivity contribution in [3.63, 3.8) is 0 Å². The van der Waals surface area contributed by atoms with Gasteiger partial charge in [-0.1, -0.05) is 6.07 Å². The highest BCUT2D eigenvalue weighted by atomic mass is 32.1. The largest absolute Gasteiger partial charge is 0.396 e. The van der Waals surface area contributed by atoms with Crippen molar-refractivity contribution in [2.24, 2.45) is 0 Å². The maximum atomic E-state index is 13.2. The lowest BCUT2D eigenvalue weighted by molar-refractivity contribution is 0.0940. The van der Waals surface area contributed by atoms with Crippen LogP contribution in [0, 0.1) is 5.82 Å². The average Bonchev–Trinajstić information content (AvgIpc) is 2.86. The van der Waals surface area contributed by atoms with Gasteiger partial charge in [0.05, 0.1) is 17.3 Å². The first-order valence-electron chi connectivity index (χ1n) is 5.34. The molecule has 0 saturated carbocycles. The Labute approximate surface area is 108 Å².